The number of nitrogens with zero attached hydrogens (tertiary/aromatic N) is 2. The number of hydrogen-bond donors (Lipinski definition) is 2. The standard InChI is InChI=1S/C19H26N4O4S/c1-12(17(25)21-18(26)22-19(2,3)4)27-16(24)10-23-14-9-7-6-8-13(14)20-15(23)11-28-5/h6-9,12H,10-11H2,1-5H3,(H2,21,22,25,26)/t12-/m0/s1. The van der Waals surface area contributed by atoms with E-state index in [9.17, 15) is 14.4 Å². The number of carbonyl (C=O) groups is 3. The minimum atomic E-state index is -1.10. The predicted octanol–water partition coefficient (Wildman–Crippen LogP) is 2.46. The summed E-state index contributed by atoms with van der Waals surface area (Å²) in [5, 5.41) is 4.78. The summed E-state index contributed by atoms with van der Waals surface area (Å²) in [6.45, 7) is 6.74. The van der Waals surface area contributed by atoms with Crippen molar-refractivity contribution in [2.45, 2.75) is 51.6 Å². The highest BCUT2D eigenvalue weighted by molar-refractivity contribution is 7.97. The first-order valence-corrected chi connectivity index (χ1v) is 10.3. The van der Waals surface area contributed by atoms with Crippen molar-refractivity contribution in [3.8, 4) is 0 Å². The van der Waals surface area contributed by atoms with Gasteiger partial charge in [0.05, 0.1) is 16.8 Å². The van der Waals surface area contributed by atoms with Crippen LogP contribution in [0.1, 0.15) is 33.5 Å². The van der Waals surface area contributed by atoms with E-state index in [0.29, 0.717) is 5.75 Å². The molecule has 0 saturated carbocycles. The monoisotopic (exact) mass is 406 g/mol. The lowest BCUT2D eigenvalue weighted by molar-refractivity contribution is -0.155. The van der Waals surface area contributed by atoms with E-state index in [2.05, 4.69) is 15.6 Å². The van der Waals surface area contributed by atoms with E-state index in [0.717, 1.165) is 16.9 Å². The van der Waals surface area contributed by atoms with Crippen LogP contribution in [0.2, 0.25) is 0 Å². The van der Waals surface area contributed by atoms with E-state index in [1.54, 1.807) is 37.1 Å². The summed E-state index contributed by atoms with van der Waals surface area (Å²) < 4.78 is 6.99. The van der Waals surface area contributed by atoms with Crippen molar-refractivity contribution in [2.75, 3.05) is 6.26 Å². The van der Waals surface area contributed by atoms with Crippen LogP contribution in [-0.4, -0.2) is 45.4 Å². The number of urea groups is 1. The first-order chi connectivity index (χ1) is 13.1. The first kappa shape index (κ1) is 21.7. The lowest BCUT2D eigenvalue weighted by Gasteiger charge is -2.21. The van der Waals surface area contributed by atoms with E-state index in [4.69, 9.17) is 4.74 Å². The van der Waals surface area contributed by atoms with Gasteiger partial charge in [0, 0.05) is 5.54 Å². The average Bonchev–Trinajstić information content (AvgIpc) is 2.91. The topological polar surface area (TPSA) is 102 Å². The van der Waals surface area contributed by atoms with E-state index in [-0.39, 0.29) is 6.54 Å². The molecule has 0 aliphatic heterocycles. The summed E-state index contributed by atoms with van der Waals surface area (Å²) in [4.78, 5) is 40.8. The SMILES string of the molecule is CSCc1nc2ccccc2n1CC(=O)O[C@@H](C)C(=O)NC(=O)NC(C)(C)C. The second-order valence-electron chi connectivity index (χ2n) is 7.36. The molecule has 0 aliphatic carbocycles. The van der Waals surface area contributed by atoms with E-state index in [1.165, 1.54) is 6.92 Å². The number of nitrogens with one attached hydrogen (secondary N) is 2. The largest absolute Gasteiger partial charge is 0.451 e. The molecule has 0 spiro atoms. The molecule has 28 heavy (non-hydrogen) atoms. The molecule has 1 aromatic heterocycles. The smallest absolute Gasteiger partial charge is 0.326 e. The van der Waals surface area contributed by atoms with Crippen LogP contribution in [0.5, 0.6) is 0 Å². The fraction of sp³-hybridized carbons (Fsp3) is 0.474. The molecule has 0 unspecified atom stereocenters. The number of fused-ring (bicyclic) bond motifs is 1. The summed E-state index contributed by atoms with van der Waals surface area (Å²) >= 11 is 1.60. The quantitative estimate of drug-likeness (QED) is 0.715. The Kier molecular flexibility index (Phi) is 7.06. The maximum absolute atomic E-state index is 12.4. The number of carbonyl (C=O) groups excluding carboxylic acids is 3. The molecule has 0 radical (unpaired) electrons. The predicted molar refractivity (Wildman–Crippen MR) is 109 cm³/mol. The molecule has 0 bridgehead atoms. The minimum Gasteiger partial charge on any atom is -0.451 e. The lowest BCUT2D eigenvalue weighted by Crippen LogP contribution is -2.50. The van der Waals surface area contributed by atoms with Crippen LogP contribution in [0, 0.1) is 0 Å². The molecule has 1 heterocycles. The van der Waals surface area contributed by atoms with Gasteiger partial charge in [0.2, 0.25) is 0 Å². The fourth-order valence-corrected chi connectivity index (χ4v) is 3.02. The van der Waals surface area contributed by atoms with Gasteiger partial charge in [0.25, 0.3) is 5.91 Å². The summed E-state index contributed by atoms with van der Waals surface area (Å²) in [6, 6.07) is 6.88. The maximum Gasteiger partial charge on any atom is 0.326 e. The third-order valence-electron chi connectivity index (χ3n) is 3.70. The molecule has 2 rings (SSSR count). The highest BCUT2D eigenvalue weighted by Gasteiger charge is 2.23. The lowest BCUT2D eigenvalue weighted by atomic mass is 10.1. The normalized spacial score (nSPS) is 12.5. The molecule has 2 aromatic rings. The van der Waals surface area contributed by atoms with Crippen LogP contribution in [-0.2, 0) is 26.6 Å². The Morgan fingerprint density at radius 1 is 1.25 bits per heavy atom. The molecule has 0 aliphatic rings. The third-order valence-corrected chi connectivity index (χ3v) is 4.24. The fourth-order valence-electron chi connectivity index (χ4n) is 2.54. The van der Waals surface area contributed by atoms with Crippen LogP contribution < -0.4 is 10.6 Å². The average molecular weight is 407 g/mol. The minimum absolute atomic E-state index is 0.0672. The molecule has 2 N–H and O–H groups in total. The number of benzene rings is 1. The highest BCUT2D eigenvalue weighted by Crippen LogP contribution is 2.19. The molecule has 9 heteroatoms. The Hall–Kier alpha value is -2.55. The van der Waals surface area contributed by atoms with Gasteiger partial charge in [-0.3, -0.25) is 14.9 Å². The zero-order chi connectivity index (χ0) is 20.9. The zero-order valence-electron chi connectivity index (χ0n) is 16.7. The van der Waals surface area contributed by atoms with Crippen LogP contribution >= 0.6 is 11.8 Å². The second-order valence-corrected chi connectivity index (χ2v) is 8.23. The van der Waals surface area contributed by atoms with Crippen molar-refractivity contribution in [1.29, 1.82) is 0 Å². The van der Waals surface area contributed by atoms with Gasteiger partial charge < -0.3 is 14.6 Å². The van der Waals surface area contributed by atoms with Crippen LogP contribution in [0.4, 0.5) is 4.79 Å². The molecule has 1 aromatic carbocycles. The Morgan fingerprint density at radius 3 is 2.57 bits per heavy atom. The number of imide groups is 1. The van der Waals surface area contributed by atoms with Crippen molar-refractivity contribution < 1.29 is 19.1 Å². The van der Waals surface area contributed by atoms with Gasteiger partial charge in [-0.2, -0.15) is 11.8 Å². The van der Waals surface area contributed by atoms with Gasteiger partial charge in [-0.1, -0.05) is 12.1 Å². The van der Waals surface area contributed by atoms with Crippen molar-refractivity contribution in [2.24, 2.45) is 0 Å². The molecule has 3 amide bonds. The van der Waals surface area contributed by atoms with Gasteiger partial charge in [-0.15, -0.1) is 0 Å². The number of thioether (sulfide) groups is 1. The van der Waals surface area contributed by atoms with Crippen LogP contribution in [0.25, 0.3) is 11.0 Å². The molecule has 152 valence electrons. The van der Waals surface area contributed by atoms with E-state index < -0.39 is 29.6 Å². The number of amides is 3. The summed E-state index contributed by atoms with van der Waals surface area (Å²) in [7, 11) is 0. The number of hydrogen-bond acceptors (Lipinski definition) is 6. The number of rotatable bonds is 6. The van der Waals surface area contributed by atoms with Crippen molar-refractivity contribution >= 4 is 40.7 Å². The van der Waals surface area contributed by atoms with Gasteiger partial charge in [-0.05, 0) is 46.1 Å². The Bertz CT molecular complexity index is 872. The third kappa shape index (κ3) is 5.98. The number of aromatic nitrogens is 2. The number of imidazole rings is 1. The van der Waals surface area contributed by atoms with Crippen LogP contribution in [0.15, 0.2) is 24.3 Å². The van der Waals surface area contributed by atoms with Crippen molar-refractivity contribution in [3.05, 3.63) is 30.1 Å². The van der Waals surface area contributed by atoms with Gasteiger partial charge >= 0.3 is 12.0 Å². The molecule has 0 saturated heterocycles. The van der Waals surface area contributed by atoms with Gasteiger partial charge in [0.1, 0.15) is 12.4 Å². The maximum atomic E-state index is 12.4. The van der Waals surface area contributed by atoms with Gasteiger partial charge in [0.15, 0.2) is 6.10 Å². The molecule has 0 fully saturated rings. The molecular formula is C19H26N4O4S. The Balaban J connectivity index is 2.02. The first-order valence-electron chi connectivity index (χ1n) is 8.86. The number of esters is 1. The molecule has 1 atom stereocenters. The number of para-hydroxylation sites is 2. The van der Waals surface area contributed by atoms with E-state index >= 15 is 0 Å². The summed E-state index contributed by atoms with van der Waals surface area (Å²) in [5.41, 5.74) is 1.13. The van der Waals surface area contributed by atoms with Crippen LogP contribution in [0.3, 0.4) is 0 Å². The summed E-state index contributed by atoms with van der Waals surface area (Å²) in [5.74, 6) is 0.136. The number of ether oxygens (including phenoxy) is 1. The van der Waals surface area contributed by atoms with Gasteiger partial charge in [-0.25, -0.2) is 9.78 Å². The highest BCUT2D eigenvalue weighted by atomic mass is 32.2. The van der Waals surface area contributed by atoms with E-state index in [1.807, 2.05) is 30.5 Å². The van der Waals surface area contributed by atoms with Crippen molar-refractivity contribution in [3.63, 3.8) is 0 Å². The Labute approximate surface area is 168 Å². The second kappa shape index (κ2) is 9.09. The zero-order valence-corrected chi connectivity index (χ0v) is 17.6. The summed E-state index contributed by atoms with van der Waals surface area (Å²) in [6.07, 6.45) is 0.855. The van der Waals surface area contributed by atoms with Crippen molar-refractivity contribution in [1.82, 2.24) is 20.2 Å². The molecular weight excluding hydrogens is 380 g/mol. The Morgan fingerprint density at radius 2 is 1.93 bits per heavy atom. The molecule has 8 nitrogen and oxygen atoms in total.